The van der Waals surface area contributed by atoms with Gasteiger partial charge in [0.25, 0.3) is 0 Å². The third kappa shape index (κ3) is 10.4. The average Bonchev–Trinajstić information content (AvgIpc) is 2.39. The summed E-state index contributed by atoms with van der Waals surface area (Å²) in [6.45, 7) is 14.4. The molecule has 1 N–H and O–H groups in total. The first-order chi connectivity index (χ1) is 9.31. The number of hydrogen-bond donors (Lipinski definition) is 1. The molecule has 2 atom stereocenters. The Kier molecular flexibility index (Phi) is 12.9. The van der Waals surface area contributed by atoms with E-state index in [2.05, 4.69) is 24.8 Å². The van der Waals surface area contributed by atoms with Gasteiger partial charge in [0, 0.05) is 0 Å². The molecule has 0 saturated heterocycles. The minimum Gasteiger partial charge on any atom is -0.481 e. The molecule has 0 aromatic heterocycles. The lowest BCUT2D eigenvalue weighted by Crippen LogP contribution is -2.20. The Hall–Kier alpha value is -1.58. The number of allylic oxidation sites excluding steroid dienone is 1. The lowest BCUT2D eigenvalue weighted by atomic mass is 9.89. The fourth-order valence-corrected chi connectivity index (χ4v) is 1.42. The maximum atomic E-state index is 10.8. The molecule has 0 rings (SSSR count). The SMILES string of the molecule is C=CC(C)C(CCCC)C(=O)O.C=COC(=O)C(C)C. The van der Waals surface area contributed by atoms with Crippen molar-refractivity contribution >= 4 is 11.9 Å². The van der Waals surface area contributed by atoms with Gasteiger partial charge in [0.15, 0.2) is 0 Å². The molecule has 0 aromatic carbocycles. The number of hydrogen-bond acceptors (Lipinski definition) is 3. The lowest BCUT2D eigenvalue weighted by Gasteiger charge is -2.15. The number of carbonyl (C=O) groups is 2. The Morgan fingerprint density at radius 3 is 2.05 bits per heavy atom. The van der Waals surface area contributed by atoms with Crippen LogP contribution in [0.5, 0.6) is 0 Å². The molecule has 0 heterocycles. The van der Waals surface area contributed by atoms with Crippen LogP contribution in [0, 0.1) is 17.8 Å². The molecule has 4 heteroatoms. The van der Waals surface area contributed by atoms with E-state index in [9.17, 15) is 9.59 Å². The Morgan fingerprint density at radius 2 is 1.80 bits per heavy atom. The highest BCUT2D eigenvalue weighted by Crippen LogP contribution is 2.19. The molecule has 0 fully saturated rings. The van der Waals surface area contributed by atoms with Gasteiger partial charge in [-0.05, 0) is 12.3 Å². The van der Waals surface area contributed by atoms with Gasteiger partial charge in [-0.2, -0.15) is 0 Å². The summed E-state index contributed by atoms with van der Waals surface area (Å²) in [6.07, 6.45) is 5.65. The monoisotopic (exact) mass is 284 g/mol. The highest BCUT2D eigenvalue weighted by Gasteiger charge is 2.21. The van der Waals surface area contributed by atoms with Crippen molar-refractivity contribution in [2.24, 2.45) is 17.8 Å². The predicted octanol–water partition coefficient (Wildman–Crippen LogP) is 4.03. The third-order valence-electron chi connectivity index (χ3n) is 2.86. The van der Waals surface area contributed by atoms with Gasteiger partial charge in [-0.3, -0.25) is 9.59 Å². The first kappa shape index (κ1) is 20.7. The molecule has 0 amide bonds. The van der Waals surface area contributed by atoms with E-state index in [1.54, 1.807) is 19.9 Å². The number of unbranched alkanes of at least 4 members (excludes halogenated alkanes) is 1. The van der Waals surface area contributed by atoms with Gasteiger partial charge in [-0.15, -0.1) is 6.58 Å². The van der Waals surface area contributed by atoms with Crippen molar-refractivity contribution in [1.29, 1.82) is 0 Å². The average molecular weight is 284 g/mol. The number of ether oxygens (including phenoxy) is 1. The Labute approximate surface area is 122 Å². The molecule has 116 valence electrons. The van der Waals surface area contributed by atoms with Crippen LogP contribution in [-0.4, -0.2) is 17.0 Å². The summed E-state index contributed by atoms with van der Waals surface area (Å²) in [5.41, 5.74) is 0. The maximum absolute atomic E-state index is 10.8. The van der Waals surface area contributed by atoms with Crippen LogP contribution in [0.3, 0.4) is 0 Å². The molecule has 0 aliphatic heterocycles. The van der Waals surface area contributed by atoms with E-state index in [0.29, 0.717) is 0 Å². The van der Waals surface area contributed by atoms with Gasteiger partial charge in [0.05, 0.1) is 18.1 Å². The zero-order valence-corrected chi connectivity index (χ0v) is 13.1. The minimum atomic E-state index is -0.698. The molecule has 0 saturated carbocycles. The van der Waals surface area contributed by atoms with E-state index < -0.39 is 5.97 Å². The first-order valence-electron chi connectivity index (χ1n) is 6.98. The van der Waals surface area contributed by atoms with Crippen LogP contribution in [0.15, 0.2) is 25.5 Å². The fourth-order valence-electron chi connectivity index (χ4n) is 1.42. The number of carboxylic acid groups (broad SMARTS) is 1. The molecule has 2 unspecified atom stereocenters. The van der Waals surface area contributed by atoms with Crippen LogP contribution in [0.1, 0.15) is 47.0 Å². The Morgan fingerprint density at radius 1 is 1.25 bits per heavy atom. The van der Waals surface area contributed by atoms with E-state index in [0.717, 1.165) is 25.5 Å². The van der Waals surface area contributed by atoms with Crippen molar-refractivity contribution in [1.82, 2.24) is 0 Å². The number of esters is 1. The van der Waals surface area contributed by atoms with E-state index in [1.165, 1.54) is 0 Å². The van der Waals surface area contributed by atoms with Crippen LogP contribution in [0.2, 0.25) is 0 Å². The number of carbonyl (C=O) groups excluding carboxylic acids is 1. The van der Waals surface area contributed by atoms with E-state index in [4.69, 9.17) is 5.11 Å². The fraction of sp³-hybridized carbons (Fsp3) is 0.625. The third-order valence-corrected chi connectivity index (χ3v) is 2.86. The maximum Gasteiger partial charge on any atom is 0.313 e. The summed E-state index contributed by atoms with van der Waals surface area (Å²) in [7, 11) is 0. The highest BCUT2D eigenvalue weighted by atomic mass is 16.5. The summed E-state index contributed by atoms with van der Waals surface area (Å²) < 4.78 is 4.43. The lowest BCUT2D eigenvalue weighted by molar-refractivity contribution is -0.143. The van der Waals surface area contributed by atoms with Gasteiger partial charge >= 0.3 is 11.9 Å². The van der Waals surface area contributed by atoms with Crippen LogP contribution in [-0.2, 0) is 14.3 Å². The van der Waals surface area contributed by atoms with Crippen LogP contribution in [0.25, 0.3) is 0 Å². The Bertz CT molecular complexity index is 308. The molecule has 0 radical (unpaired) electrons. The summed E-state index contributed by atoms with van der Waals surface area (Å²) in [6, 6.07) is 0. The van der Waals surface area contributed by atoms with Crippen molar-refractivity contribution in [2.45, 2.75) is 47.0 Å². The second kappa shape index (κ2) is 12.5. The number of aliphatic carboxylic acids is 1. The molecule has 0 aromatic rings. The van der Waals surface area contributed by atoms with Crippen molar-refractivity contribution in [3.63, 3.8) is 0 Å². The van der Waals surface area contributed by atoms with Crippen molar-refractivity contribution in [2.75, 3.05) is 0 Å². The minimum absolute atomic E-state index is 0.0620. The quantitative estimate of drug-likeness (QED) is 0.415. The molecular formula is C16H28O4. The topological polar surface area (TPSA) is 63.6 Å². The largest absolute Gasteiger partial charge is 0.481 e. The molecule has 4 nitrogen and oxygen atoms in total. The van der Waals surface area contributed by atoms with E-state index in [1.807, 2.05) is 6.92 Å². The molecular weight excluding hydrogens is 256 g/mol. The zero-order valence-electron chi connectivity index (χ0n) is 13.1. The zero-order chi connectivity index (χ0) is 16.1. The second-order valence-corrected chi connectivity index (χ2v) is 4.94. The van der Waals surface area contributed by atoms with Gasteiger partial charge < -0.3 is 9.84 Å². The summed E-state index contributed by atoms with van der Waals surface area (Å²) in [4.78, 5) is 21.2. The molecule has 0 aliphatic carbocycles. The van der Waals surface area contributed by atoms with Crippen molar-refractivity contribution in [3.8, 4) is 0 Å². The summed E-state index contributed by atoms with van der Waals surface area (Å²) in [5, 5.41) is 8.85. The highest BCUT2D eigenvalue weighted by molar-refractivity contribution is 5.72. The summed E-state index contributed by atoms with van der Waals surface area (Å²) in [5.74, 6) is -1.17. The van der Waals surface area contributed by atoms with Gasteiger partial charge in [-0.25, -0.2) is 0 Å². The Balaban J connectivity index is 0. The standard InChI is InChI=1S/C10H18O2.C6H10O2/c1-4-6-7-9(10(11)12)8(3)5-2;1-4-8-6(7)5(2)3/h5,8-9H,2,4,6-7H2,1,3H3,(H,11,12);4-5H,1H2,2-3H3. The van der Waals surface area contributed by atoms with Crippen LogP contribution in [0.4, 0.5) is 0 Å². The normalized spacial score (nSPS) is 12.7. The molecule has 20 heavy (non-hydrogen) atoms. The first-order valence-corrected chi connectivity index (χ1v) is 6.98. The molecule has 0 spiro atoms. The number of rotatable bonds is 8. The molecule has 0 aliphatic rings. The van der Waals surface area contributed by atoms with E-state index in [-0.39, 0.29) is 23.7 Å². The van der Waals surface area contributed by atoms with Crippen molar-refractivity contribution < 1.29 is 19.4 Å². The van der Waals surface area contributed by atoms with Crippen molar-refractivity contribution in [3.05, 3.63) is 25.5 Å². The number of carboxylic acids is 1. The van der Waals surface area contributed by atoms with Gasteiger partial charge in [-0.1, -0.05) is 53.2 Å². The van der Waals surface area contributed by atoms with Gasteiger partial charge in [0.2, 0.25) is 0 Å². The second-order valence-electron chi connectivity index (χ2n) is 4.94. The van der Waals surface area contributed by atoms with Gasteiger partial charge in [0.1, 0.15) is 0 Å². The van der Waals surface area contributed by atoms with Crippen LogP contribution >= 0.6 is 0 Å². The van der Waals surface area contributed by atoms with Crippen LogP contribution < -0.4 is 0 Å². The summed E-state index contributed by atoms with van der Waals surface area (Å²) >= 11 is 0. The predicted molar refractivity (Wildman–Crippen MR) is 81.1 cm³/mol. The molecule has 0 bridgehead atoms. The van der Waals surface area contributed by atoms with E-state index >= 15 is 0 Å². The smallest absolute Gasteiger partial charge is 0.313 e.